The second-order valence-corrected chi connectivity index (χ2v) is 7.35. The molecular formula is C24H25N3O2. The lowest BCUT2D eigenvalue weighted by atomic mass is 9.90. The molecule has 1 atom stereocenters. The van der Waals surface area contributed by atoms with Gasteiger partial charge in [-0.1, -0.05) is 54.6 Å². The Morgan fingerprint density at radius 3 is 2.55 bits per heavy atom. The Morgan fingerprint density at radius 2 is 1.79 bits per heavy atom. The number of rotatable bonds is 7. The Bertz CT molecular complexity index is 962. The maximum atomic E-state index is 12.6. The molecule has 1 aliphatic rings. The first kappa shape index (κ1) is 19.2. The van der Waals surface area contributed by atoms with E-state index in [1.807, 2.05) is 72.8 Å². The molecule has 5 heteroatoms. The minimum Gasteiger partial charge on any atom is -0.489 e. The van der Waals surface area contributed by atoms with Crippen LogP contribution in [0.2, 0.25) is 0 Å². The number of pyridine rings is 1. The van der Waals surface area contributed by atoms with Crippen LogP contribution in [0.15, 0.2) is 79.0 Å². The smallest absolute Gasteiger partial charge is 0.244 e. The highest BCUT2D eigenvalue weighted by molar-refractivity contribution is 5.86. The number of hydrogen-bond acceptors (Lipinski definition) is 4. The van der Waals surface area contributed by atoms with Gasteiger partial charge in [-0.15, -0.1) is 0 Å². The first-order valence-electron chi connectivity index (χ1n) is 9.91. The van der Waals surface area contributed by atoms with Crippen LogP contribution in [0.3, 0.4) is 0 Å². The molecule has 0 unspecified atom stereocenters. The van der Waals surface area contributed by atoms with Crippen LogP contribution in [-0.2, 0) is 23.5 Å². The summed E-state index contributed by atoms with van der Waals surface area (Å²) in [7, 11) is 0. The Balaban J connectivity index is 1.59. The zero-order valence-corrected chi connectivity index (χ0v) is 16.3. The molecule has 5 nitrogen and oxygen atoms in total. The Labute approximate surface area is 171 Å². The summed E-state index contributed by atoms with van der Waals surface area (Å²) in [4.78, 5) is 19.2. The summed E-state index contributed by atoms with van der Waals surface area (Å²) in [6.07, 6.45) is 3.28. The molecule has 1 aliphatic heterocycles. The summed E-state index contributed by atoms with van der Waals surface area (Å²) in [5, 5.41) is 0. The van der Waals surface area contributed by atoms with Crippen LogP contribution in [0.5, 0.6) is 5.75 Å². The van der Waals surface area contributed by atoms with E-state index in [9.17, 15) is 4.79 Å². The van der Waals surface area contributed by atoms with Gasteiger partial charge in [0.25, 0.3) is 0 Å². The number of likely N-dealkylation sites (tertiary alicyclic amines) is 1. The van der Waals surface area contributed by atoms with Crippen LogP contribution < -0.4 is 10.5 Å². The maximum absolute atomic E-state index is 12.6. The molecule has 1 saturated heterocycles. The summed E-state index contributed by atoms with van der Waals surface area (Å²) in [6, 6.07) is 23.7. The van der Waals surface area contributed by atoms with Crippen molar-refractivity contribution in [3.63, 3.8) is 0 Å². The standard InChI is InChI=1S/C24H25N3O2/c25-23(28)24(22-13-6-7-15-26-22)14-8-16-27(24)17-20-11-4-5-12-21(20)29-18-19-9-2-1-3-10-19/h1-7,9-13,15H,8,14,16-18H2,(H2,25,28)/t24-/m0/s1. The third kappa shape index (κ3) is 3.87. The van der Waals surface area contributed by atoms with Crippen molar-refractivity contribution in [1.82, 2.24) is 9.88 Å². The molecule has 2 heterocycles. The number of carbonyl (C=O) groups excluding carboxylic acids is 1. The van der Waals surface area contributed by atoms with Crippen molar-refractivity contribution in [3.8, 4) is 5.75 Å². The first-order chi connectivity index (χ1) is 14.2. The van der Waals surface area contributed by atoms with E-state index in [-0.39, 0.29) is 5.91 Å². The van der Waals surface area contributed by atoms with Gasteiger partial charge in [0, 0.05) is 18.3 Å². The van der Waals surface area contributed by atoms with Crippen molar-refractivity contribution >= 4 is 5.91 Å². The van der Waals surface area contributed by atoms with Crippen LogP contribution in [0, 0.1) is 0 Å². The number of hydrogen-bond donors (Lipinski definition) is 1. The monoisotopic (exact) mass is 387 g/mol. The second kappa shape index (κ2) is 8.45. The molecule has 0 radical (unpaired) electrons. The van der Waals surface area contributed by atoms with E-state index in [1.165, 1.54) is 0 Å². The van der Waals surface area contributed by atoms with E-state index < -0.39 is 5.54 Å². The fraction of sp³-hybridized carbons (Fsp3) is 0.250. The third-order valence-corrected chi connectivity index (χ3v) is 5.57. The van der Waals surface area contributed by atoms with E-state index in [2.05, 4.69) is 9.88 Å². The average Bonchev–Trinajstić information content (AvgIpc) is 3.19. The molecule has 1 aromatic heterocycles. The van der Waals surface area contributed by atoms with Gasteiger partial charge in [0.15, 0.2) is 0 Å². The number of ether oxygens (including phenoxy) is 1. The van der Waals surface area contributed by atoms with E-state index in [1.54, 1.807) is 6.20 Å². The van der Waals surface area contributed by atoms with Crippen LogP contribution >= 0.6 is 0 Å². The third-order valence-electron chi connectivity index (χ3n) is 5.57. The molecule has 0 bridgehead atoms. The first-order valence-corrected chi connectivity index (χ1v) is 9.91. The summed E-state index contributed by atoms with van der Waals surface area (Å²) in [5.41, 5.74) is 7.91. The summed E-state index contributed by atoms with van der Waals surface area (Å²) in [6.45, 7) is 1.86. The molecule has 4 rings (SSSR count). The molecule has 0 saturated carbocycles. The Kier molecular flexibility index (Phi) is 5.58. The highest BCUT2D eigenvalue weighted by Crippen LogP contribution is 2.39. The van der Waals surface area contributed by atoms with E-state index >= 15 is 0 Å². The summed E-state index contributed by atoms with van der Waals surface area (Å²) < 4.78 is 6.11. The Morgan fingerprint density at radius 1 is 1.03 bits per heavy atom. The number of aromatic nitrogens is 1. The molecule has 2 N–H and O–H groups in total. The van der Waals surface area contributed by atoms with Crippen molar-refractivity contribution in [2.75, 3.05) is 6.54 Å². The molecule has 1 fully saturated rings. The van der Waals surface area contributed by atoms with Crippen LogP contribution in [0.1, 0.15) is 29.7 Å². The minimum atomic E-state index is -0.881. The number of primary amides is 1. The molecule has 29 heavy (non-hydrogen) atoms. The zero-order valence-electron chi connectivity index (χ0n) is 16.3. The highest BCUT2D eigenvalue weighted by atomic mass is 16.5. The van der Waals surface area contributed by atoms with Crippen molar-refractivity contribution in [2.45, 2.75) is 31.5 Å². The lowest BCUT2D eigenvalue weighted by molar-refractivity contribution is -0.129. The van der Waals surface area contributed by atoms with Crippen LogP contribution in [0.25, 0.3) is 0 Å². The summed E-state index contributed by atoms with van der Waals surface area (Å²) >= 11 is 0. The zero-order chi connectivity index (χ0) is 20.1. The quantitative estimate of drug-likeness (QED) is 0.672. The number of amides is 1. The predicted octanol–water partition coefficient (Wildman–Crippen LogP) is 3.64. The molecule has 3 aromatic rings. The maximum Gasteiger partial charge on any atom is 0.244 e. The SMILES string of the molecule is NC(=O)[C@@]1(c2ccccn2)CCCN1Cc1ccccc1OCc1ccccc1. The molecular weight excluding hydrogens is 362 g/mol. The van der Waals surface area contributed by atoms with Crippen LogP contribution in [0.4, 0.5) is 0 Å². The molecule has 2 aromatic carbocycles. The van der Waals surface area contributed by atoms with Gasteiger partial charge in [0.2, 0.25) is 5.91 Å². The van der Waals surface area contributed by atoms with Crippen LogP contribution in [-0.4, -0.2) is 22.3 Å². The van der Waals surface area contributed by atoms with Gasteiger partial charge in [-0.05, 0) is 43.1 Å². The van der Waals surface area contributed by atoms with E-state index in [4.69, 9.17) is 10.5 Å². The van der Waals surface area contributed by atoms with Gasteiger partial charge in [0.1, 0.15) is 17.9 Å². The van der Waals surface area contributed by atoms with Crippen molar-refractivity contribution in [2.24, 2.45) is 5.73 Å². The van der Waals surface area contributed by atoms with Gasteiger partial charge in [-0.2, -0.15) is 0 Å². The lowest BCUT2D eigenvalue weighted by Crippen LogP contribution is -2.51. The number of benzene rings is 2. The Hall–Kier alpha value is -3.18. The fourth-order valence-electron chi connectivity index (χ4n) is 4.11. The van der Waals surface area contributed by atoms with Gasteiger partial charge < -0.3 is 10.5 Å². The second-order valence-electron chi connectivity index (χ2n) is 7.35. The van der Waals surface area contributed by atoms with Crippen molar-refractivity contribution in [3.05, 3.63) is 95.8 Å². The lowest BCUT2D eigenvalue weighted by Gasteiger charge is -2.35. The van der Waals surface area contributed by atoms with E-state index in [0.717, 1.165) is 29.8 Å². The molecule has 148 valence electrons. The number of para-hydroxylation sites is 1. The van der Waals surface area contributed by atoms with Gasteiger partial charge in [0.05, 0.1) is 5.69 Å². The molecule has 1 amide bonds. The number of nitrogens with zero attached hydrogens (tertiary/aromatic N) is 2. The largest absolute Gasteiger partial charge is 0.489 e. The average molecular weight is 387 g/mol. The predicted molar refractivity (Wildman–Crippen MR) is 112 cm³/mol. The molecule has 0 aliphatic carbocycles. The van der Waals surface area contributed by atoms with Gasteiger partial charge in [-0.25, -0.2) is 0 Å². The number of carbonyl (C=O) groups is 1. The molecule has 0 spiro atoms. The number of nitrogens with two attached hydrogens (primary N) is 1. The fourth-order valence-corrected chi connectivity index (χ4v) is 4.11. The topological polar surface area (TPSA) is 68.5 Å². The van der Waals surface area contributed by atoms with Crippen molar-refractivity contribution in [1.29, 1.82) is 0 Å². The van der Waals surface area contributed by atoms with Gasteiger partial charge in [-0.3, -0.25) is 14.7 Å². The normalized spacial score (nSPS) is 19.2. The van der Waals surface area contributed by atoms with Crippen molar-refractivity contribution < 1.29 is 9.53 Å². The van der Waals surface area contributed by atoms with E-state index in [0.29, 0.717) is 25.3 Å². The van der Waals surface area contributed by atoms with Gasteiger partial charge >= 0.3 is 0 Å². The summed E-state index contributed by atoms with van der Waals surface area (Å²) in [5.74, 6) is 0.471. The highest BCUT2D eigenvalue weighted by Gasteiger charge is 2.48. The minimum absolute atomic E-state index is 0.351.